The highest BCUT2D eigenvalue weighted by molar-refractivity contribution is 6.46. The number of carbonyl (C=O) groups excluding carboxylic acids is 2. The number of imide groups is 1. The molecule has 1 aliphatic heterocycles. The van der Waals surface area contributed by atoms with Crippen LogP contribution >= 0.6 is 11.6 Å². The van der Waals surface area contributed by atoms with E-state index in [-0.39, 0.29) is 17.0 Å². The molecule has 150 valence electrons. The SMILES string of the molecule is Cc1ccc(C2=C(Nc3ccc(Cl)cc3C)C(=O)N(c3ccccc3F)C2=O)cc1. The third-order valence-corrected chi connectivity index (χ3v) is 5.20. The highest BCUT2D eigenvalue weighted by atomic mass is 35.5. The highest BCUT2D eigenvalue weighted by Crippen LogP contribution is 2.35. The van der Waals surface area contributed by atoms with Gasteiger partial charge in [0.25, 0.3) is 11.8 Å². The van der Waals surface area contributed by atoms with Crippen LogP contribution in [0.25, 0.3) is 5.57 Å². The standard InChI is InChI=1S/C24H18ClFN2O2/c1-14-7-9-16(10-8-14)21-22(27-19-12-11-17(25)13-15(19)2)24(30)28(23(21)29)20-6-4-3-5-18(20)26/h3-13,27H,1-2H3. The summed E-state index contributed by atoms with van der Waals surface area (Å²) < 4.78 is 14.4. The number of hydrogen-bond donors (Lipinski definition) is 1. The highest BCUT2D eigenvalue weighted by Gasteiger charge is 2.41. The van der Waals surface area contributed by atoms with E-state index in [1.807, 2.05) is 26.0 Å². The van der Waals surface area contributed by atoms with Crippen LogP contribution < -0.4 is 10.2 Å². The maximum Gasteiger partial charge on any atom is 0.282 e. The Bertz CT molecular complexity index is 1200. The average molecular weight is 421 g/mol. The van der Waals surface area contributed by atoms with E-state index < -0.39 is 17.6 Å². The molecule has 0 spiro atoms. The van der Waals surface area contributed by atoms with Gasteiger partial charge < -0.3 is 5.32 Å². The minimum Gasteiger partial charge on any atom is -0.350 e. The van der Waals surface area contributed by atoms with Crippen LogP contribution in [0, 0.1) is 19.7 Å². The summed E-state index contributed by atoms with van der Waals surface area (Å²) in [5, 5.41) is 3.65. The Kier molecular flexibility index (Phi) is 5.14. The normalized spacial score (nSPS) is 13.9. The first kappa shape index (κ1) is 19.9. The molecule has 0 saturated carbocycles. The van der Waals surface area contributed by atoms with Crippen molar-refractivity contribution in [3.8, 4) is 0 Å². The molecule has 1 aliphatic rings. The van der Waals surface area contributed by atoms with E-state index in [1.54, 1.807) is 36.4 Å². The second-order valence-electron chi connectivity index (χ2n) is 7.10. The number of aryl methyl sites for hydroxylation is 2. The monoisotopic (exact) mass is 420 g/mol. The molecule has 0 aromatic heterocycles. The van der Waals surface area contributed by atoms with E-state index in [1.165, 1.54) is 18.2 Å². The molecule has 6 heteroatoms. The minimum absolute atomic E-state index is 0.0817. The third kappa shape index (κ3) is 3.48. The number of hydrogen-bond acceptors (Lipinski definition) is 3. The summed E-state index contributed by atoms with van der Waals surface area (Å²) in [6.07, 6.45) is 0. The second-order valence-corrected chi connectivity index (χ2v) is 7.53. The molecule has 0 radical (unpaired) electrons. The topological polar surface area (TPSA) is 49.4 Å². The van der Waals surface area contributed by atoms with Crippen molar-refractivity contribution < 1.29 is 14.0 Å². The fourth-order valence-corrected chi connectivity index (χ4v) is 3.61. The maximum absolute atomic E-state index is 14.4. The Balaban J connectivity index is 1.86. The van der Waals surface area contributed by atoms with Crippen molar-refractivity contribution >= 4 is 40.4 Å². The summed E-state index contributed by atoms with van der Waals surface area (Å²) >= 11 is 6.03. The van der Waals surface area contributed by atoms with Gasteiger partial charge in [-0.25, -0.2) is 9.29 Å². The molecule has 1 N–H and O–H groups in total. The van der Waals surface area contributed by atoms with Crippen LogP contribution in [0.4, 0.5) is 15.8 Å². The van der Waals surface area contributed by atoms with Crippen molar-refractivity contribution in [1.29, 1.82) is 0 Å². The van der Waals surface area contributed by atoms with Crippen LogP contribution in [0.1, 0.15) is 16.7 Å². The Hall–Kier alpha value is -3.44. The molecule has 0 bridgehead atoms. The van der Waals surface area contributed by atoms with Gasteiger partial charge in [-0.1, -0.05) is 53.6 Å². The van der Waals surface area contributed by atoms with Crippen molar-refractivity contribution in [2.45, 2.75) is 13.8 Å². The van der Waals surface area contributed by atoms with Crippen LogP contribution in [0.5, 0.6) is 0 Å². The van der Waals surface area contributed by atoms with Crippen LogP contribution in [0.15, 0.2) is 72.4 Å². The van der Waals surface area contributed by atoms with E-state index >= 15 is 0 Å². The van der Waals surface area contributed by atoms with Crippen LogP contribution in [0.3, 0.4) is 0 Å². The Morgan fingerprint density at radius 1 is 0.900 bits per heavy atom. The number of carbonyl (C=O) groups is 2. The van der Waals surface area contributed by atoms with Crippen molar-refractivity contribution in [3.05, 3.63) is 100.0 Å². The van der Waals surface area contributed by atoms with Gasteiger partial charge >= 0.3 is 0 Å². The zero-order valence-electron chi connectivity index (χ0n) is 16.4. The van der Waals surface area contributed by atoms with Crippen LogP contribution in [0.2, 0.25) is 5.02 Å². The first-order chi connectivity index (χ1) is 14.4. The fraction of sp³-hybridized carbons (Fsp3) is 0.0833. The van der Waals surface area contributed by atoms with Gasteiger partial charge in [0, 0.05) is 10.7 Å². The van der Waals surface area contributed by atoms with Crippen LogP contribution in [-0.4, -0.2) is 11.8 Å². The molecule has 0 atom stereocenters. The van der Waals surface area contributed by atoms with Gasteiger partial charge in [-0.15, -0.1) is 0 Å². The first-order valence-corrected chi connectivity index (χ1v) is 9.72. The molecule has 2 amide bonds. The van der Waals surface area contributed by atoms with E-state index in [0.717, 1.165) is 16.0 Å². The van der Waals surface area contributed by atoms with Crippen molar-refractivity contribution in [2.24, 2.45) is 0 Å². The fourth-order valence-electron chi connectivity index (χ4n) is 3.39. The molecule has 0 unspecified atom stereocenters. The molecule has 4 rings (SSSR count). The number of anilines is 2. The molecular weight excluding hydrogens is 403 g/mol. The minimum atomic E-state index is -0.647. The van der Waals surface area contributed by atoms with Crippen LogP contribution in [-0.2, 0) is 9.59 Å². The van der Waals surface area contributed by atoms with Gasteiger partial charge in [0.05, 0.1) is 11.3 Å². The van der Waals surface area contributed by atoms with Gasteiger partial charge in [0.2, 0.25) is 0 Å². The summed E-state index contributed by atoms with van der Waals surface area (Å²) in [7, 11) is 0. The lowest BCUT2D eigenvalue weighted by atomic mass is 10.0. The third-order valence-electron chi connectivity index (χ3n) is 4.97. The molecule has 3 aromatic carbocycles. The molecule has 0 saturated heterocycles. The maximum atomic E-state index is 14.4. The van der Waals surface area contributed by atoms with Gasteiger partial charge in [0.1, 0.15) is 11.5 Å². The molecule has 30 heavy (non-hydrogen) atoms. The first-order valence-electron chi connectivity index (χ1n) is 9.34. The largest absolute Gasteiger partial charge is 0.350 e. The Morgan fingerprint density at radius 2 is 1.60 bits per heavy atom. The zero-order chi connectivity index (χ0) is 21.4. The summed E-state index contributed by atoms with van der Waals surface area (Å²) in [5.41, 5.74) is 3.24. The Labute approximate surface area is 178 Å². The number of nitrogens with zero attached hydrogens (tertiary/aromatic N) is 1. The van der Waals surface area contributed by atoms with Gasteiger partial charge in [0.15, 0.2) is 0 Å². The molecule has 0 fully saturated rings. The molecule has 1 heterocycles. The summed E-state index contributed by atoms with van der Waals surface area (Å²) in [5.74, 6) is -1.84. The summed E-state index contributed by atoms with van der Waals surface area (Å²) in [6, 6.07) is 18.2. The lowest BCUT2D eigenvalue weighted by molar-refractivity contribution is -0.120. The van der Waals surface area contributed by atoms with Crippen molar-refractivity contribution in [2.75, 3.05) is 10.2 Å². The van der Waals surface area contributed by atoms with E-state index in [2.05, 4.69) is 5.32 Å². The van der Waals surface area contributed by atoms with Gasteiger partial charge in [-0.2, -0.15) is 0 Å². The van der Waals surface area contributed by atoms with E-state index in [9.17, 15) is 14.0 Å². The number of benzene rings is 3. The lowest BCUT2D eigenvalue weighted by Gasteiger charge is -2.16. The molecular formula is C24H18ClFN2O2. The number of amides is 2. The number of nitrogens with one attached hydrogen (secondary N) is 1. The number of para-hydroxylation sites is 1. The lowest BCUT2D eigenvalue weighted by Crippen LogP contribution is -2.33. The van der Waals surface area contributed by atoms with Gasteiger partial charge in [-0.05, 0) is 55.3 Å². The molecule has 4 nitrogen and oxygen atoms in total. The Morgan fingerprint density at radius 3 is 2.27 bits per heavy atom. The van der Waals surface area contributed by atoms with E-state index in [0.29, 0.717) is 16.3 Å². The average Bonchev–Trinajstić information content (AvgIpc) is 2.95. The molecule has 0 aliphatic carbocycles. The zero-order valence-corrected chi connectivity index (χ0v) is 17.1. The predicted octanol–water partition coefficient (Wildman–Crippen LogP) is 5.49. The van der Waals surface area contributed by atoms with E-state index in [4.69, 9.17) is 11.6 Å². The van der Waals surface area contributed by atoms with Crippen molar-refractivity contribution in [3.63, 3.8) is 0 Å². The van der Waals surface area contributed by atoms with Crippen molar-refractivity contribution in [1.82, 2.24) is 0 Å². The number of halogens is 2. The molecule has 3 aromatic rings. The quantitative estimate of drug-likeness (QED) is 0.567. The summed E-state index contributed by atoms with van der Waals surface area (Å²) in [6.45, 7) is 3.78. The smallest absolute Gasteiger partial charge is 0.282 e. The summed E-state index contributed by atoms with van der Waals surface area (Å²) in [4.78, 5) is 27.5. The number of rotatable bonds is 4. The second kappa shape index (κ2) is 7.76. The van der Waals surface area contributed by atoms with Gasteiger partial charge in [-0.3, -0.25) is 9.59 Å². The predicted molar refractivity (Wildman–Crippen MR) is 117 cm³/mol.